The minimum absolute atomic E-state index is 0.0178. The number of halogens is 1. The molecule has 0 amide bonds. The quantitative estimate of drug-likeness (QED) is 0.567. The van der Waals surface area contributed by atoms with Crippen LogP contribution in [0.2, 0.25) is 0 Å². The molecule has 0 aromatic carbocycles. The maximum atomic E-state index is 6.40. The zero-order valence-electron chi connectivity index (χ0n) is 8.45. The third kappa shape index (κ3) is 3.02. The lowest BCUT2D eigenvalue weighted by Crippen LogP contribution is -2.32. The largest absolute Gasteiger partial charge is 0.119 e. The van der Waals surface area contributed by atoms with Crippen LogP contribution in [0, 0.1) is 11.8 Å². The van der Waals surface area contributed by atoms with Gasteiger partial charge in [-0.25, -0.2) is 0 Å². The first-order valence-electron chi connectivity index (χ1n) is 4.61. The summed E-state index contributed by atoms with van der Waals surface area (Å²) in [6.45, 7) is 11.0. The molecule has 0 aliphatic carbocycles. The summed E-state index contributed by atoms with van der Waals surface area (Å²) in [6.07, 6.45) is 2.47. The normalized spacial score (nSPS) is 19.9. The van der Waals surface area contributed by atoms with E-state index in [0.29, 0.717) is 11.8 Å². The molecule has 1 heteroatoms. The zero-order chi connectivity index (χ0) is 9.07. The number of alkyl halides is 1. The molecule has 0 rings (SSSR count). The highest BCUT2D eigenvalue weighted by Gasteiger charge is 2.30. The van der Waals surface area contributed by atoms with Crippen molar-refractivity contribution in [2.45, 2.75) is 52.3 Å². The Labute approximate surface area is 76.3 Å². The molecule has 0 N–H and O–H groups in total. The predicted octanol–water partition coefficient (Wildman–Crippen LogP) is 4.08. The van der Waals surface area contributed by atoms with E-state index in [4.69, 9.17) is 11.6 Å². The van der Waals surface area contributed by atoms with Crippen LogP contribution in [0.4, 0.5) is 0 Å². The first-order valence-corrected chi connectivity index (χ1v) is 4.99. The second kappa shape index (κ2) is 4.35. The Morgan fingerprint density at radius 3 is 2.00 bits per heavy atom. The smallest absolute Gasteiger partial charge is 0.0467 e. The van der Waals surface area contributed by atoms with Crippen LogP contribution in [0.3, 0.4) is 0 Å². The summed E-state index contributed by atoms with van der Waals surface area (Å²) in [6, 6.07) is 0. The molecule has 2 unspecified atom stereocenters. The molecule has 0 radical (unpaired) electrons. The molecule has 2 atom stereocenters. The van der Waals surface area contributed by atoms with Gasteiger partial charge in [0.15, 0.2) is 0 Å². The van der Waals surface area contributed by atoms with Crippen molar-refractivity contribution >= 4 is 11.6 Å². The van der Waals surface area contributed by atoms with Crippen LogP contribution in [-0.2, 0) is 0 Å². The Morgan fingerprint density at radius 2 is 1.73 bits per heavy atom. The van der Waals surface area contributed by atoms with Crippen LogP contribution in [0.25, 0.3) is 0 Å². The highest BCUT2D eigenvalue weighted by Crippen LogP contribution is 2.35. The summed E-state index contributed by atoms with van der Waals surface area (Å²) in [5.41, 5.74) is 0. The van der Waals surface area contributed by atoms with Gasteiger partial charge in [-0.1, -0.05) is 34.1 Å². The fourth-order valence-corrected chi connectivity index (χ4v) is 1.39. The van der Waals surface area contributed by atoms with Crippen molar-refractivity contribution < 1.29 is 0 Å². The summed E-state index contributed by atoms with van der Waals surface area (Å²) in [7, 11) is 0. The van der Waals surface area contributed by atoms with E-state index in [1.807, 2.05) is 0 Å². The third-order valence-corrected chi connectivity index (χ3v) is 3.62. The Morgan fingerprint density at radius 1 is 1.27 bits per heavy atom. The molecule has 0 aliphatic heterocycles. The molecule has 0 bridgehead atoms. The van der Waals surface area contributed by atoms with Crippen molar-refractivity contribution in [3.63, 3.8) is 0 Å². The number of rotatable bonds is 4. The van der Waals surface area contributed by atoms with E-state index in [0.717, 1.165) is 0 Å². The molecular formula is C10H21Cl. The SMILES string of the molecule is CCCC(C)C(C)(Cl)C(C)C. The Balaban J connectivity index is 4.05. The van der Waals surface area contributed by atoms with E-state index in [1.54, 1.807) is 0 Å². The van der Waals surface area contributed by atoms with Crippen LogP contribution in [0.1, 0.15) is 47.5 Å². The van der Waals surface area contributed by atoms with Crippen LogP contribution >= 0.6 is 11.6 Å². The van der Waals surface area contributed by atoms with Gasteiger partial charge < -0.3 is 0 Å². The van der Waals surface area contributed by atoms with Gasteiger partial charge in [-0.2, -0.15) is 0 Å². The second-order valence-electron chi connectivity index (χ2n) is 4.00. The molecule has 11 heavy (non-hydrogen) atoms. The van der Waals surface area contributed by atoms with Crippen LogP contribution in [0.5, 0.6) is 0 Å². The van der Waals surface area contributed by atoms with E-state index in [1.165, 1.54) is 12.8 Å². The summed E-state index contributed by atoms with van der Waals surface area (Å²) in [5.74, 6) is 1.18. The average molecular weight is 177 g/mol. The van der Waals surface area contributed by atoms with Crippen molar-refractivity contribution in [2.75, 3.05) is 0 Å². The molecule has 0 saturated heterocycles. The molecule has 0 heterocycles. The maximum absolute atomic E-state index is 6.40. The lowest BCUT2D eigenvalue weighted by molar-refractivity contribution is 0.313. The van der Waals surface area contributed by atoms with E-state index in [-0.39, 0.29) is 4.87 Å². The van der Waals surface area contributed by atoms with Gasteiger partial charge in [0.1, 0.15) is 0 Å². The minimum Gasteiger partial charge on any atom is -0.119 e. The van der Waals surface area contributed by atoms with Gasteiger partial charge in [-0.15, -0.1) is 11.6 Å². The molecule has 0 saturated carbocycles. The highest BCUT2D eigenvalue weighted by molar-refractivity contribution is 6.24. The van der Waals surface area contributed by atoms with Crippen molar-refractivity contribution in [1.82, 2.24) is 0 Å². The van der Waals surface area contributed by atoms with Gasteiger partial charge in [0, 0.05) is 4.87 Å². The monoisotopic (exact) mass is 176 g/mol. The Hall–Kier alpha value is 0.290. The first-order chi connectivity index (χ1) is 4.92. The average Bonchev–Trinajstić information content (AvgIpc) is 1.88. The van der Waals surface area contributed by atoms with E-state index < -0.39 is 0 Å². The maximum Gasteiger partial charge on any atom is 0.0467 e. The zero-order valence-corrected chi connectivity index (χ0v) is 9.20. The third-order valence-electron chi connectivity index (χ3n) is 2.81. The summed E-state index contributed by atoms with van der Waals surface area (Å²) >= 11 is 6.40. The molecule has 0 aromatic heterocycles. The van der Waals surface area contributed by atoms with Gasteiger partial charge in [0.25, 0.3) is 0 Å². The lowest BCUT2D eigenvalue weighted by Gasteiger charge is -2.33. The van der Waals surface area contributed by atoms with Crippen molar-refractivity contribution in [3.8, 4) is 0 Å². The van der Waals surface area contributed by atoms with Crippen LogP contribution < -0.4 is 0 Å². The second-order valence-corrected chi connectivity index (χ2v) is 4.81. The first kappa shape index (κ1) is 11.3. The van der Waals surface area contributed by atoms with E-state index in [2.05, 4.69) is 34.6 Å². The van der Waals surface area contributed by atoms with Crippen LogP contribution in [0.15, 0.2) is 0 Å². The summed E-state index contributed by atoms with van der Waals surface area (Å²) in [4.78, 5) is -0.0178. The Bertz CT molecular complexity index is 105. The fourth-order valence-electron chi connectivity index (χ4n) is 1.28. The van der Waals surface area contributed by atoms with E-state index in [9.17, 15) is 0 Å². The van der Waals surface area contributed by atoms with Gasteiger partial charge >= 0.3 is 0 Å². The van der Waals surface area contributed by atoms with Gasteiger partial charge in [0.05, 0.1) is 0 Å². The summed E-state index contributed by atoms with van der Waals surface area (Å²) < 4.78 is 0. The van der Waals surface area contributed by atoms with Gasteiger partial charge in [-0.3, -0.25) is 0 Å². The number of hydrogen-bond donors (Lipinski definition) is 0. The predicted molar refractivity (Wildman–Crippen MR) is 53.2 cm³/mol. The fraction of sp³-hybridized carbons (Fsp3) is 1.00. The van der Waals surface area contributed by atoms with Crippen LogP contribution in [-0.4, -0.2) is 4.87 Å². The highest BCUT2D eigenvalue weighted by atomic mass is 35.5. The van der Waals surface area contributed by atoms with Gasteiger partial charge in [0.2, 0.25) is 0 Å². The molecular weight excluding hydrogens is 156 g/mol. The molecule has 0 nitrogen and oxygen atoms in total. The topological polar surface area (TPSA) is 0 Å². The standard InChI is InChI=1S/C10H21Cl/c1-6-7-9(4)10(5,11)8(2)3/h8-9H,6-7H2,1-5H3. The number of hydrogen-bond acceptors (Lipinski definition) is 0. The Kier molecular flexibility index (Phi) is 4.46. The molecule has 0 aliphatic rings. The van der Waals surface area contributed by atoms with Crippen molar-refractivity contribution in [2.24, 2.45) is 11.8 Å². The molecule has 0 spiro atoms. The van der Waals surface area contributed by atoms with Gasteiger partial charge in [-0.05, 0) is 25.2 Å². The van der Waals surface area contributed by atoms with Crippen molar-refractivity contribution in [3.05, 3.63) is 0 Å². The molecule has 68 valence electrons. The molecule has 0 aromatic rings. The molecule has 0 fully saturated rings. The van der Waals surface area contributed by atoms with Crippen molar-refractivity contribution in [1.29, 1.82) is 0 Å². The lowest BCUT2D eigenvalue weighted by atomic mass is 9.83. The van der Waals surface area contributed by atoms with E-state index >= 15 is 0 Å². The minimum atomic E-state index is -0.0178. The summed E-state index contributed by atoms with van der Waals surface area (Å²) in [5, 5.41) is 0.